The molecule has 2 rings (SSSR count). The standard InChI is InChI=1S/C16H20N2O/c1-2-3-5-10-16(19)17-14-11-12-18(13-14)15-8-6-4-7-9-15/h2-10,14H,11-13H2,1H3,(H,17,19)/b3-2+,10-5+. The summed E-state index contributed by atoms with van der Waals surface area (Å²) in [4.78, 5) is 14.0. The highest BCUT2D eigenvalue weighted by Crippen LogP contribution is 2.19. The molecule has 1 aromatic rings. The highest BCUT2D eigenvalue weighted by Gasteiger charge is 2.23. The van der Waals surface area contributed by atoms with Gasteiger partial charge < -0.3 is 10.2 Å². The number of anilines is 1. The van der Waals surface area contributed by atoms with Crippen LogP contribution in [0.2, 0.25) is 0 Å². The lowest BCUT2D eigenvalue weighted by Gasteiger charge is -2.18. The first kappa shape index (κ1) is 13.4. The van der Waals surface area contributed by atoms with Crippen LogP contribution < -0.4 is 10.2 Å². The molecular formula is C16H20N2O. The smallest absolute Gasteiger partial charge is 0.244 e. The molecule has 1 unspecified atom stereocenters. The van der Waals surface area contributed by atoms with Crippen molar-refractivity contribution >= 4 is 11.6 Å². The highest BCUT2D eigenvalue weighted by atomic mass is 16.1. The molecule has 1 saturated heterocycles. The molecule has 100 valence electrons. The number of nitrogens with zero attached hydrogens (tertiary/aromatic N) is 1. The molecule has 1 aliphatic rings. The van der Waals surface area contributed by atoms with E-state index in [2.05, 4.69) is 22.3 Å². The number of hydrogen-bond donors (Lipinski definition) is 1. The van der Waals surface area contributed by atoms with Crippen LogP contribution in [-0.2, 0) is 4.79 Å². The van der Waals surface area contributed by atoms with Gasteiger partial charge in [0.1, 0.15) is 0 Å². The first-order valence-electron chi connectivity index (χ1n) is 6.69. The minimum Gasteiger partial charge on any atom is -0.369 e. The summed E-state index contributed by atoms with van der Waals surface area (Å²) >= 11 is 0. The zero-order valence-corrected chi connectivity index (χ0v) is 11.3. The van der Waals surface area contributed by atoms with Gasteiger partial charge in [0, 0.05) is 30.9 Å². The minimum absolute atomic E-state index is 0.0157. The van der Waals surface area contributed by atoms with Crippen LogP contribution in [0.25, 0.3) is 0 Å². The molecule has 0 aromatic heterocycles. The van der Waals surface area contributed by atoms with Gasteiger partial charge in [-0.05, 0) is 25.5 Å². The Morgan fingerprint density at radius 2 is 2.11 bits per heavy atom. The Bertz CT molecular complexity index is 465. The molecule has 1 amide bonds. The predicted octanol–water partition coefficient (Wildman–Crippen LogP) is 2.51. The van der Waals surface area contributed by atoms with Crippen LogP contribution in [0.15, 0.2) is 54.6 Å². The van der Waals surface area contributed by atoms with Crippen molar-refractivity contribution in [3.05, 3.63) is 54.6 Å². The van der Waals surface area contributed by atoms with Crippen LogP contribution in [0.3, 0.4) is 0 Å². The number of nitrogens with one attached hydrogen (secondary N) is 1. The average Bonchev–Trinajstić information content (AvgIpc) is 2.88. The van der Waals surface area contributed by atoms with E-state index >= 15 is 0 Å². The van der Waals surface area contributed by atoms with Gasteiger partial charge in [-0.15, -0.1) is 0 Å². The third-order valence-corrected chi connectivity index (χ3v) is 3.21. The number of amides is 1. The van der Waals surface area contributed by atoms with Gasteiger partial charge in [0.2, 0.25) is 5.91 Å². The Kier molecular flexibility index (Phi) is 4.78. The average molecular weight is 256 g/mol. The number of rotatable bonds is 4. The minimum atomic E-state index is -0.0157. The summed E-state index contributed by atoms with van der Waals surface area (Å²) in [5.74, 6) is -0.0157. The lowest BCUT2D eigenvalue weighted by molar-refractivity contribution is -0.117. The number of allylic oxidation sites excluding steroid dienone is 3. The Labute approximate surface area is 114 Å². The van der Waals surface area contributed by atoms with Crippen molar-refractivity contribution in [2.75, 3.05) is 18.0 Å². The van der Waals surface area contributed by atoms with Gasteiger partial charge in [-0.3, -0.25) is 4.79 Å². The molecule has 1 heterocycles. The van der Waals surface area contributed by atoms with E-state index in [4.69, 9.17) is 0 Å². The maximum Gasteiger partial charge on any atom is 0.244 e. The Morgan fingerprint density at radius 3 is 2.84 bits per heavy atom. The Balaban J connectivity index is 1.84. The van der Waals surface area contributed by atoms with E-state index in [-0.39, 0.29) is 11.9 Å². The van der Waals surface area contributed by atoms with Crippen molar-refractivity contribution in [3.8, 4) is 0 Å². The molecule has 1 atom stereocenters. The molecule has 3 nitrogen and oxygen atoms in total. The van der Waals surface area contributed by atoms with Gasteiger partial charge in [0.05, 0.1) is 0 Å². The summed E-state index contributed by atoms with van der Waals surface area (Å²) in [5, 5.41) is 3.04. The van der Waals surface area contributed by atoms with Gasteiger partial charge >= 0.3 is 0 Å². The largest absolute Gasteiger partial charge is 0.369 e. The molecule has 1 aromatic carbocycles. The summed E-state index contributed by atoms with van der Waals surface area (Å²) in [6.45, 7) is 3.80. The summed E-state index contributed by atoms with van der Waals surface area (Å²) in [6.07, 6.45) is 8.09. The maximum atomic E-state index is 11.7. The SMILES string of the molecule is C/C=C/C=C/C(=O)NC1CCN(c2ccccc2)C1. The zero-order valence-electron chi connectivity index (χ0n) is 11.3. The van der Waals surface area contributed by atoms with Crippen molar-refractivity contribution in [1.82, 2.24) is 5.32 Å². The van der Waals surface area contributed by atoms with E-state index in [1.807, 2.05) is 37.3 Å². The molecule has 0 saturated carbocycles. The van der Waals surface area contributed by atoms with Gasteiger partial charge in [0.25, 0.3) is 0 Å². The second kappa shape index (κ2) is 6.78. The topological polar surface area (TPSA) is 32.3 Å². The third kappa shape index (κ3) is 3.98. The van der Waals surface area contributed by atoms with E-state index < -0.39 is 0 Å². The molecule has 0 aliphatic carbocycles. The number of hydrogen-bond acceptors (Lipinski definition) is 2. The lowest BCUT2D eigenvalue weighted by Crippen LogP contribution is -2.36. The highest BCUT2D eigenvalue weighted by molar-refractivity contribution is 5.88. The number of carbonyl (C=O) groups is 1. The Hall–Kier alpha value is -2.03. The Morgan fingerprint density at radius 1 is 1.32 bits per heavy atom. The fourth-order valence-electron chi connectivity index (χ4n) is 2.25. The summed E-state index contributed by atoms with van der Waals surface area (Å²) in [5.41, 5.74) is 1.23. The van der Waals surface area contributed by atoms with Gasteiger partial charge in [-0.1, -0.05) is 36.4 Å². The molecule has 19 heavy (non-hydrogen) atoms. The predicted molar refractivity (Wildman–Crippen MR) is 79.2 cm³/mol. The maximum absolute atomic E-state index is 11.7. The second-order valence-electron chi connectivity index (χ2n) is 4.66. The van der Waals surface area contributed by atoms with Gasteiger partial charge in [-0.25, -0.2) is 0 Å². The van der Waals surface area contributed by atoms with Crippen molar-refractivity contribution < 1.29 is 4.79 Å². The van der Waals surface area contributed by atoms with E-state index in [0.29, 0.717) is 0 Å². The fourth-order valence-corrected chi connectivity index (χ4v) is 2.25. The first-order chi connectivity index (χ1) is 9.29. The third-order valence-electron chi connectivity index (χ3n) is 3.21. The van der Waals surface area contributed by atoms with Gasteiger partial charge in [-0.2, -0.15) is 0 Å². The van der Waals surface area contributed by atoms with Crippen molar-refractivity contribution in [1.29, 1.82) is 0 Å². The van der Waals surface area contributed by atoms with E-state index in [1.54, 1.807) is 12.2 Å². The van der Waals surface area contributed by atoms with Gasteiger partial charge in [0.15, 0.2) is 0 Å². The van der Waals surface area contributed by atoms with E-state index in [9.17, 15) is 4.79 Å². The van der Waals surface area contributed by atoms with Crippen molar-refractivity contribution in [2.24, 2.45) is 0 Å². The van der Waals surface area contributed by atoms with Crippen LogP contribution in [0, 0.1) is 0 Å². The summed E-state index contributed by atoms with van der Waals surface area (Å²) in [7, 11) is 0. The monoisotopic (exact) mass is 256 g/mol. The second-order valence-corrected chi connectivity index (χ2v) is 4.66. The summed E-state index contributed by atoms with van der Waals surface area (Å²) in [6, 6.07) is 10.6. The quantitative estimate of drug-likeness (QED) is 0.663. The van der Waals surface area contributed by atoms with Crippen molar-refractivity contribution in [2.45, 2.75) is 19.4 Å². The molecule has 1 aliphatic heterocycles. The van der Waals surface area contributed by atoms with Crippen LogP contribution in [0.4, 0.5) is 5.69 Å². The molecule has 1 N–H and O–H groups in total. The van der Waals surface area contributed by atoms with Crippen LogP contribution in [-0.4, -0.2) is 25.0 Å². The zero-order chi connectivity index (χ0) is 13.5. The van der Waals surface area contributed by atoms with Crippen LogP contribution >= 0.6 is 0 Å². The number of benzene rings is 1. The normalized spacial score (nSPS) is 19.4. The first-order valence-corrected chi connectivity index (χ1v) is 6.69. The molecule has 0 radical (unpaired) electrons. The van der Waals surface area contributed by atoms with Crippen LogP contribution in [0.5, 0.6) is 0 Å². The van der Waals surface area contributed by atoms with E-state index in [0.717, 1.165) is 19.5 Å². The fraction of sp³-hybridized carbons (Fsp3) is 0.312. The molecule has 1 fully saturated rings. The van der Waals surface area contributed by atoms with Crippen molar-refractivity contribution in [3.63, 3.8) is 0 Å². The molecular weight excluding hydrogens is 236 g/mol. The molecule has 0 spiro atoms. The molecule has 0 bridgehead atoms. The number of carbonyl (C=O) groups excluding carboxylic acids is 1. The molecule has 3 heteroatoms. The van der Waals surface area contributed by atoms with E-state index in [1.165, 1.54) is 5.69 Å². The van der Waals surface area contributed by atoms with Crippen LogP contribution in [0.1, 0.15) is 13.3 Å². The number of para-hydroxylation sites is 1. The summed E-state index contributed by atoms with van der Waals surface area (Å²) < 4.78 is 0. The lowest BCUT2D eigenvalue weighted by atomic mass is 10.2.